The Kier molecular flexibility index (Phi) is 3.79. The largest absolute Gasteiger partial charge is 0.399 e. The number of amides is 1. The van der Waals surface area contributed by atoms with Gasteiger partial charge in [0.2, 0.25) is 5.91 Å². The number of nitrogens with two attached hydrogens (primary N) is 1. The van der Waals surface area contributed by atoms with Crippen LogP contribution in [0.1, 0.15) is 24.2 Å². The number of nitrogens with zero attached hydrogens (tertiary/aromatic N) is 3. The molecule has 1 atom stereocenters. The fraction of sp³-hybridized carbons (Fsp3) is 0.308. The summed E-state index contributed by atoms with van der Waals surface area (Å²) in [6, 6.07) is 7.34. The van der Waals surface area contributed by atoms with E-state index in [2.05, 4.69) is 15.4 Å². The summed E-state index contributed by atoms with van der Waals surface area (Å²) in [7, 11) is 1.79. The van der Waals surface area contributed by atoms with Crippen molar-refractivity contribution in [3.8, 4) is 0 Å². The second-order valence-corrected chi connectivity index (χ2v) is 4.44. The van der Waals surface area contributed by atoms with Crippen LogP contribution < -0.4 is 11.1 Å². The van der Waals surface area contributed by atoms with Crippen LogP contribution in [-0.4, -0.2) is 20.7 Å². The molecular weight excluding hydrogens is 242 g/mol. The topological polar surface area (TPSA) is 85.8 Å². The fourth-order valence-electron chi connectivity index (χ4n) is 1.76. The Bertz CT molecular complexity index is 578. The van der Waals surface area contributed by atoms with Crippen molar-refractivity contribution in [3.63, 3.8) is 0 Å². The molecule has 1 aromatic carbocycles. The highest BCUT2D eigenvalue weighted by atomic mass is 16.1. The average Bonchev–Trinajstić information content (AvgIpc) is 2.81. The van der Waals surface area contributed by atoms with Crippen LogP contribution in [0.3, 0.4) is 0 Å². The molecule has 0 spiro atoms. The first-order chi connectivity index (χ1) is 9.06. The van der Waals surface area contributed by atoms with Gasteiger partial charge in [-0.25, -0.2) is 4.98 Å². The van der Waals surface area contributed by atoms with Gasteiger partial charge >= 0.3 is 0 Å². The van der Waals surface area contributed by atoms with Crippen LogP contribution in [0.25, 0.3) is 0 Å². The number of aryl methyl sites for hydroxylation is 1. The van der Waals surface area contributed by atoms with Crippen LogP contribution in [0.2, 0.25) is 0 Å². The molecule has 0 aliphatic heterocycles. The maximum Gasteiger partial charge on any atom is 0.227 e. The van der Waals surface area contributed by atoms with Gasteiger partial charge in [0.1, 0.15) is 6.33 Å². The van der Waals surface area contributed by atoms with Gasteiger partial charge in [0.15, 0.2) is 5.82 Å². The van der Waals surface area contributed by atoms with Gasteiger partial charge in [0, 0.05) is 12.7 Å². The first kappa shape index (κ1) is 13.1. The molecule has 0 saturated carbocycles. The van der Waals surface area contributed by atoms with Crippen molar-refractivity contribution >= 4 is 11.6 Å². The van der Waals surface area contributed by atoms with Crippen molar-refractivity contribution in [2.45, 2.75) is 19.4 Å². The molecule has 1 unspecified atom stereocenters. The molecule has 2 aromatic rings. The first-order valence-electron chi connectivity index (χ1n) is 6.04. The molecule has 6 heteroatoms. The van der Waals surface area contributed by atoms with Crippen molar-refractivity contribution < 1.29 is 4.79 Å². The molecule has 0 saturated heterocycles. The molecule has 1 amide bonds. The highest BCUT2D eigenvalue weighted by molar-refractivity contribution is 5.83. The lowest BCUT2D eigenvalue weighted by Gasteiger charge is -2.12. The SMILES string of the molecule is CC(C(=O)NCc1ncn(C)n1)c1cccc(N)c1. The Labute approximate surface area is 111 Å². The van der Waals surface area contributed by atoms with Crippen molar-refractivity contribution in [3.05, 3.63) is 42.0 Å². The lowest BCUT2D eigenvalue weighted by molar-refractivity contribution is -0.122. The number of hydrogen-bond acceptors (Lipinski definition) is 4. The summed E-state index contributed by atoms with van der Waals surface area (Å²) in [6.45, 7) is 2.17. The third-order valence-electron chi connectivity index (χ3n) is 2.87. The first-order valence-corrected chi connectivity index (χ1v) is 6.04. The van der Waals surface area contributed by atoms with Gasteiger partial charge in [-0.3, -0.25) is 9.48 Å². The third-order valence-corrected chi connectivity index (χ3v) is 2.87. The highest BCUT2D eigenvalue weighted by Crippen LogP contribution is 2.17. The van der Waals surface area contributed by atoms with Crippen molar-refractivity contribution in [1.29, 1.82) is 0 Å². The van der Waals surface area contributed by atoms with Crippen LogP contribution in [0.4, 0.5) is 5.69 Å². The van der Waals surface area contributed by atoms with Crippen LogP contribution in [0.5, 0.6) is 0 Å². The van der Waals surface area contributed by atoms with Crippen LogP contribution in [0.15, 0.2) is 30.6 Å². The number of aromatic nitrogens is 3. The number of anilines is 1. The van der Waals surface area contributed by atoms with Gasteiger partial charge in [-0.2, -0.15) is 5.10 Å². The highest BCUT2D eigenvalue weighted by Gasteiger charge is 2.15. The maximum absolute atomic E-state index is 12.0. The molecule has 0 bridgehead atoms. The zero-order valence-corrected chi connectivity index (χ0v) is 11.0. The van der Waals surface area contributed by atoms with E-state index in [-0.39, 0.29) is 11.8 Å². The molecule has 6 nitrogen and oxygen atoms in total. The van der Waals surface area contributed by atoms with E-state index in [9.17, 15) is 4.79 Å². The van der Waals surface area contributed by atoms with E-state index < -0.39 is 0 Å². The van der Waals surface area contributed by atoms with Crippen LogP contribution >= 0.6 is 0 Å². The van der Waals surface area contributed by atoms with Gasteiger partial charge in [0.25, 0.3) is 0 Å². The van der Waals surface area contributed by atoms with E-state index in [1.165, 1.54) is 0 Å². The number of hydrogen-bond donors (Lipinski definition) is 2. The summed E-state index contributed by atoms with van der Waals surface area (Å²) in [5.41, 5.74) is 7.26. The fourth-order valence-corrected chi connectivity index (χ4v) is 1.76. The molecule has 0 radical (unpaired) electrons. The van der Waals surface area contributed by atoms with Gasteiger partial charge in [0.05, 0.1) is 12.5 Å². The summed E-state index contributed by atoms with van der Waals surface area (Å²) < 4.78 is 1.60. The van der Waals surface area contributed by atoms with Gasteiger partial charge in [-0.05, 0) is 24.6 Å². The Balaban J connectivity index is 1.96. The zero-order chi connectivity index (χ0) is 13.8. The number of benzene rings is 1. The molecular formula is C13H17N5O. The third kappa shape index (κ3) is 3.31. The van der Waals surface area contributed by atoms with E-state index >= 15 is 0 Å². The Hall–Kier alpha value is -2.37. The predicted molar refractivity (Wildman–Crippen MR) is 72.1 cm³/mol. The lowest BCUT2D eigenvalue weighted by atomic mass is 10.00. The Morgan fingerprint density at radius 1 is 1.53 bits per heavy atom. The normalized spacial score (nSPS) is 12.1. The van der Waals surface area contributed by atoms with E-state index in [0.717, 1.165) is 5.56 Å². The quantitative estimate of drug-likeness (QED) is 0.796. The smallest absolute Gasteiger partial charge is 0.227 e. The van der Waals surface area contributed by atoms with Gasteiger partial charge in [-0.1, -0.05) is 12.1 Å². The van der Waals surface area contributed by atoms with E-state index in [1.54, 1.807) is 24.1 Å². The molecule has 19 heavy (non-hydrogen) atoms. The van der Waals surface area contributed by atoms with Gasteiger partial charge in [-0.15, -0.1) is 0 Å². The molecule has 100 valence electrons. The summed E-state index contributed by atoms with van der Waals surface area (Å²) in [6.07, 6.45) is 1.60. The second kappa shape index (κ2) is 5.51. The predicted octanol–water partition coefficient (Wildman–Crippen LogP) is 0.817. The molecule has 0 fully saturated rings. The summed E-state index contributed by atoms with van der Waals surface area (Å²) in [4.78, 5) is 16.1. The minimum atomic E-state index is -0.257. The number of rotatable bonds is 4. The molecule has 3 N–H and O–H groups in total. The molecule has 0 aliphatic carbocycles. The minimum absolute atomic E-state index is 0.0712. The number of nitrogen functional groups attached to an aromatic ring is 1. The second-order valence-electron chi connectivity index (χ2n) is 4.44. The van der Waals surface area contributed by atoms with Crippen molar-refractivity contribution in [2.75, 3.05) is 5.73 Å². The number of carbonyl (C=O) groups excluding carboxylic acids is 1. The van der Waals surface area contributed by atoms with Crippen LogP contribution in [-0.2, 0) is 18.4 Å². The zero-order valence-electron chi connectivity index (χ0n) is 11.0. The van der Waals surface area contributed by atoms with Gasteiger partial charge < -0.3 is 11.1 Å². The van der Waals surface area contributed by atoms with E-state index in [4.69, 9.17) is 5.73 Å². The molecule has 1 heterocycles. The standard InChI is InChI=1S/C13H17N5O/c1-9(10-4-3-5-11(14)6-10)13(19)15-7-12-16-8-18(2)17-12/h3-6,8-9H,7,14H2,1-2H3,(H,15,19). The van der Waals surface area contributed by atoms with Crippen molar-refractivity contribution in [1.82, 2.24) is 20.1 Å². The Morgan fingerprint density at radius 2 is 2.32 bits per heavy atom. The van der Waals surface area contributed by atoms with Crippen LogP contribution in [0, 0.1) is 0 Å². The molecule has 1 aromatic heterocycles. The average molecular weight is 259 g/mol. The number of carbonyl (C=O) groups is 1. The maximum atomic E-state index is 12.0. The van der Waals surface area contributed by atoms with Crippen molar-refractivity contribution in [2.24, 2.45) is 7.05 Å². The lowest BCUT2D eigenvalue weighted by Crippen LogP contribution is -2.28. The molecule has 0 aliphatic rings. The van der Waals surface area contributed by atoms with E-state index in [1.807, 2.05) is 25.1 Å². The molecule has 2 rings (SSSR count). The summed E-state index contributed by atoms with van der Waals surface area (Å²) in [5, 5.41) is 6.91. The Morgan fingerprint density at radius 3 is 2.95 bits per heavy atom. The number of nitrogens with one attached hydrogen (secondary N) is 1. The van der Waals surface area contributed by atoms with E-state index in [0.29, 0.717) is 18.1 Å². The minimum Gasteiger partial charge on any atom is -0.399 e. The summed E-state index contributed by atoms with van der Waals surface area (Å²) >= 11 is 0. The summed E-state index contributed by atoms with van der Waals surface area (Å²) in [5.74, 6) is 0.265. The monoisotopic (exact) mass is 259 g/mol.